The average molecular weight is 622 g/mol. The summed E-state index contributed by atoms with van der Waals surface area (Å²) in [5.74, 6) is -0.506. The molecular formula is C32H32FN11O2. The molecule has 1 aliphatic rings. The largest absolute Gasteiger partial charge is 0.480 e. The molecular weight excluding hydrogens is 589 g/mol. The molecule has 2 aromatic heterocycles. The normalized spacial score (nSPS) is 14.0. The zero-order chi connectivity index (χ0) is 31.9. The number of nitrogens with one attached hydrogen (secondary N) is 5. The quantitative estimate of drug-likeness (QED) is 0.119. The van der Waals surface area contributed by atoms with E-state index in [9.17, 15) is 14.3 Å². The predicted molar refractivity (Wildman–Crippen MR) is 171 cm³/mol. The minimum atomic E-state index is -1.09. The van der Waals surface area contributed by atoms with Crippen LogP contribution in [0.25, 0.3) is 11.0 Å². The third-order valence-electron chi connectivity index (χ3n) is 7.47. The molecule has 1 fully saturated rings. The molecule has 1 unspecified atom stereocenters. The summed E-state index contributed by atoms with van der Waals surface area (Å²) in [4.78, 5) is 35.6. The van der Waals surface area contributed by atoms with Gasteiger partial charge in [-0.1, -0.05) is 24.3 Å². The minimum Gasteiger partial charge on any atom is -0.480 e. The lowest BCUT2D eigenvalue weighted by Gasteiger charge is -2.27. The van der Waals surface area contributed by atoms with Gasteiger partial charge in [-0.3, -0.25) is 4.90 Å². The van der Waals surface area contributed by atoms with Gasteiger partial charge < -0.3 is 31.4 Å². The molecule has 46 heavy (non-hydrogen) atoms. The Hall–Kier alpha value is -5.65. The maximum atomic E-state index is 13.7. The van der Waals surface area contributed by atoms with Gasteiger partial charge in [0, 0.05) is 44.8 Å². The van der Waals surface area contributed by atoms with Gasteiger partial charge in [0.15, 0.2) is 0 Å². The molecule has 6 N–H and O–H groups in total. The summed E-state index contributed by atoms with van der Waals surface area (Å²) in [6.07, 6.45) is 0.127. The van der Waals surface area contributed by atoms with E-state index >= 15 is 0 Å². The molecule has 1 aliphatic heterocycles. The number of hydrogen-bond acceptors (Lipinski definition) is 11. The second kappa shape index (κ2) is 14.0. The van der Waals surface area contributed by atoms with Gasteiger partial charge in [0.05, 0.1) is 29.2 Å². The number of carboxylic acids is 1. The van der Waals surface area contributed by atoms with E-state index in [0.29, 0.717) is 22.4 Å². The molecule has 14 heteroatoms. The Labute approximate surface area is 263 Å². The number of benzene rings is 3. The molecule has 13 nitrogen and oxygen atoms in total. The number of aromatic nitrogens is 5. The number of anilines is 4. The number of rotatable bonds is 12. The highest BCUT2D eigenvalue weighted by Gasteiger charge is 2.21. The molecule has 0 bridgehead atoms. The van der Waals surface area contributed by atoms with Crippen molar-refractivity contribution in [2.24, 2.45) is 0 Å². The van der Waals surface area contributed by atoms with E-state index in [-0.39, 0.29) is 36.6 Å². The van der Waals surface area contributed by atoms with Crippen LogP contribution in [0.5, 0.6) is 0 Å². The van der Waals surface area contributed by atoms with Crippen LogP contribution in [0, 0.1) is 17.1 Å². The fourth-order valence-electron chi connectivity index (χ4n) is 5.17. The van der Waals surface area contributed by atoms with E-state index in [4.69, 9.17) is 5.26 Å². The molecule has 1 saturated heterocycles. The molecule has 3 aromatic carbocycles. The average Bonchev–Trinajstić information content (AvgIpc) is 3.46. The van der Waals surface area contributed by atoms with E-state index in [1.165, 1.54) is 12.1 Å². The number of halogens is 1. The van der Waals surface area contributed by atoms with Crippen LogP contribution in [0.3, 0.4) is 0 Å². The number of aliphatic carboxylic acids is 1. The van der Waals surface area contributed by atoms with Crippen LogP contribution in [0.4, 0.5) is 27.9 Å². The Morgan fingerprint density at radius 3 is 2.54 bits per heavy atom. The van der Waals surface area contributed by atoms with Crippen LogP contribution in [0.15, 0.2) is 66.7 Å². The van der Waals surface area contributed by atoms with Gasteiger partial charge in [0.2, 0.25) is 17.8 Å². The van der Waals surface area contributed by atoms with Crippen molar-refractivity contribution in [2.45, 2.75) is 25.6 Å². The van der Waals surface area contributed by atoms with Crippen molar-refractivity contribution in [3.63, 3.8) is 0 Å². The third-order valence-corrected chi connectivity index (χ3v) is 7.47. The van der Waals surface area contributed by atoms with Crippen molar-refractivity contribution in [3.8, 4) is 6.07 Å². The predicted octanol–water partition coefficient (Wildman–Crippen LogP) is 3.63. The Morgan fingerprint density at radius 1 is 0.978 bits per heavy atom. The van der Waals surface area contributed by atoms with Crippen LogP contribution >= 0.6 is 0 Å². The monoisotopic (exact) mass is 621 g/mol. The highest BCUT2D eigenvalue weighted by molar-refractivity contribution is 5.77. The standard InChI is InChI=1S/C32H32FN11O2/c33-23-8-9-25-26(16-23)39-28(38-25)18-36-30-41-31(37-24-3-1-2-22(14-24)19-44-12-10-35-11-13-44)43-32(42-30)40-27(29(45)46)15-20-4-6-21(17-34)7-5-20/h1-9,14,16,27,35H,10-13,15,18-19H2,(H,38,39)(H,45,46)(H3,36,37,40,41,42,43). The Balaban J connectivity index is 1.24. The maximum Gasteiger partial charge on any atom is 0.326 e. The van der Waals surface area contributed by atoms with Gasteiger partial charge in [0.1, 0.15) is 17.7 Å². The van der Waals surface area contributed by atoms with E-state index in [0.717, 1.165) is 49.5 Å². The summed E-state index contributed by atoms with van der Waals surface area (Å²) in [5, 5.41) is 31.7. The van der Waals surface area contributed by atoms with Crippen molar-refractivity contribution in [1.29, 1.82) is 5.26 Å². The number of nitrogens with zero attached hydrogens (tertiary/aromatic N) is 6. The lowest BCUT2D eigenvalue weighted by Crippen LogP contribution is -2.42. The van der Waals surface area contributed by atoms with Crippen molar-refractivity contribution >= 4 is 40.5 Å². The number of imidazole rings is 1. The molecule has 3 heterocycles. The molecule has 234 valence electrons. The summed E-state index contributed by atoms with van der Waals surface area (Å²) in [5.41, 5.74) is 4.29. The van der Waals surface area contributed by atoms with Crippen LogP contribution in [0.1, 0.15) is 22.5 Å². The number of piperazine rings is 1. The summed E-state index contributed by atoms with van der Waals surface area (Å²) in [7, 11) is 0. The van der Waals surface area contributed by atoms with E-state index in [1.807, 2.05) is 18.2 Å². The molecule has 0 radical (unpaired) electrons. The van der Waals surface area contributed by atoms with Gasteiger partial charge >= 0.3 is 5.97 Å². The second-order valence-corrected chi connectivity index (χ2v) is 10.9. The van der Waals surface area contributed by atoms with Gasteiger partial charge in [-0.2, -0.15) is 20.2 Å². The first-order valence-electron chi connectivity index (χ1n) is 14.8. The van der Waals surface area contributed by atoms with Gasteiger partial charge in [-0.25, -0.2) is 14.2 Å². The van der Waals surface area contributed by atoms with Crippen LogP contribution in [-0.4, -0.2) is 73.1 Å². The molecule has 5 aromatic rings. The number of H-pyrrole nitrogens is 1. The Bertz CT molecular complexity index is 1870. The molecule has 0 aliphatic carbocycles. The van der Waals surface area contributed by atoms with Crippen molar-refractivity contribution < 1.29 is 14.3 Å². The SMILES string of the molecule is N#Cc1ccc(CC(Nc2nc(NCc3nc4ccc(F)cc4[nH]3)nc(Nc3cccc(CN4CCNCC4)c3)n2)C(=O)O)cc1. The summed E-state index contributed by atoms with van der Waals surface area (Å²) < 4.78 is 13.7. The van der Waals surface area contributed by atoms with Gasteiger partial charge in [-0.05, 0) is 53.6 Å². The summed E-state index contributed by atoms with van der Waals surface area (Å²) in [6.45, 7) is 4.87. The number of hydrogen-bond donors (Lipinski definition) is 6. The number of aromatic amines is 1. The third kappa shape index (κ3) is 7.89. The number of nitriles is 1. The Kier molecular flexibility index (Phi) is 9.23. The number of carbonyl (C=O) groups is 1. The van der Waals surface area contributed by atoms with Crippen molar-refractivity contribution in [2.75, 3.05) is 42.1 Å². The first kappa shape index (κ1) is 30.4. The number of fused-ring (bicyclic) bond motifs is 1. The Morgan fingerprint density at radius 2 is 1.76 bits per heavy atom. The smallest absolute Gasteiger partial charge is 0.326 e. The van der Waals surface area contributed by atoms with Crippen molar-refractivity contribution in [1.82, 2.24) is 35.1 Å². The highest BCUT2D eigenvalue weighted by Crippen LogP contribution is 2.20. The summed E-state index contributed by atoms with van der Waals surface area (Å²) in [6, 6.07) is 20.0. The molecule has 1 atom stereocenters. The van der Waals surface area contributed by atoms with Gasteiger partial charge in [-0.15, -0.1) is 0 Å². The van der Waals surface area contributed by atoms with Crippen LogP contribution < -0.4 is 21.3 Å². The molecule has 0 saturated carbocycles. The molecule has 6 rings (SSSR count). The van der Waals surface area contributed by atoms with Gasteiger partial charge in [0.25, 0.3) is 0 Å². The van der Waals surface area contributed by atoms with E-state index in [2.05, 4.69) is 63.2 Å². The first-order valence-corrected chi connectivity index (χ1v) is 14.8. The highest BCUT2D eigenvalue weighted by atomic mass is 19.1. The number of carboxylic acid groups (broad SMARTS) is 1. The fourth-order valence-corrected chi connectivity index (χ4v) is 5.17. The maximum absolute atomic E-state index is 13.7. The topological polar surface area (TPSA) is 180 Å². The fraction of sp³-hybridized carbons (Fsp3) is 0.250. The van der Waals surface area contributed by atoms with E-state index in [1.54, 1.807) is 30.3 Å². The van der Waals surface area contributed by atoms with Crippen LogP contribution in [-0.2, 0) is 24.3 Å². The zero-order valence-electron chi connectivity index (χ0n) is 24.8. The zero-order valence-corrected chi connectivity index (χ0v) is 24.8. The summed E-state index contributed by atoms with van der Waals surface area (Å²) >= 11 is 0. The lowest BCUT2D eigenvalue weighted by atomic mass is 10.0. The van der Waals surface area contributed by atoms with Crippen molar-refractivity contribution in [3.05, 3.63) is 95.1 Å². The first-order chi connectivity index (χ1) is 22.4. The lowest BCUT2D eigenvalue weighted by molar-refractivity contribution is -0.137. The molecule has 0 amide bonds. The molecule has 0 spiro atoms. The van der Waals surface area contributed by atoms with Crippen LogP contribution in [0.2, 0.25) is 0 Å². The van der Waals surface area contributed by atoms with E-state index < -0.39 is 12.0 Å². The minimum absolute atomic E-state index is 0.0460. The second-order valence-electron chi connectivity index (χ2n) is 10.9.